The molecule has 6 nitrogen and oxygen atoms in total. The molecule has 0 atom stereocenters. The van der Waals surface area contributed by atoms with Crippen LogP contribution in [0.5, 0.6) is 17.2 Å². The number of benzene rings is 1. The molecule has 1 aromatic carbocycles. The second-order valence-corrected chi connectivity index (χ2v) is 4.20. The first-order valence-corrected chi connectivity index (χ1v) is 6.16. The van der Waals surface area contributed by atoms with Gasteiger partial charge in [-0.15, -0.1) is 0 Å². The summed E-state index contributed by atoms with van der Waals surface area (Å²) in [4.78, 5) is 19.5. The molecule has 0 aliphatic heterocycles. The Bertz CT molecular complexity index is 651. The van der Waals surface area contributed by atoms with Crippen molar-refractivity contribution < 1.29 is 51.7 Å². The monoisotopic (exact) mass is 376 g/mol. The van der Waals surface area contributed by atoms with Crippen LogP contribution in [0.2, 0.25) is 0 Å². The predicted molar refractivity (Wildman–Crippen MR) is 76.0 cm³/mol. The topological polar surface area (TPSA) is 70.5 Å². The van der Waals surface area contributed by atoms with Gasteiger partial charge < -0.3 is 24.2 Å². The molecule has 2 aromatic rings. The third-order valence-electron chi connectivity index (χ3n) is 2.99. The van der Waals surface area contributed by atoms with Gasteiger partial charge in [0, 0.05) is 39.0 Å². The summed E-state index contributed by atoms with van der Waals surface area (Å²) in [5, 5.41) is 0. The fraction of sp³-hybridized carbons (Fsp3) is 0.267. The molecule has 1 radical (unpaired) electrons. The van der Waals surface area contributed by atoms with Crippen LogP contribution >= 0.6 is 0 Å². The largest absolute Gasteiger partial charge is 0.493 e. The van der Waals surface area contributed by atoms with Gasteiger partial charge in [0.2, 0.25) is 5.75 Å². The first-order chi connectivity index (χ1) is 10.1. The Morgan fingerprint density at radius 1 is 1.09 bits per heavy atom. The van der Waals surface area contributed by atoms with E-state index in [1.807, 2.05) is 0 Å². The zero-order valence-electron chi connectivity index (χ0n) is 12.8. The molecule has 22 heavy (non-hydrogen) atoms. The molecule has 113 valence electrons. The Labute approximate surface area is 154 Å². The van der Waals surface area contributed by atoms with E-state index in [-0.39, 0.29) is 38.5 Å². The van der Waals surface area contributed by atoms with Crippen LogP contribution in [0.3, 0.4) is 0 Å². The standard InChI is InChI=1S/C15H15N2O4.Y/c1-9(18)11-7-16-8-17-14(11)10-5-12(19-2)15(21-4)13(6-10)20-3;/h5-7H,1-4H3;/q-1;. The predicted octanol–water partition coefficient (Wildman–Crippen LogP) is 2.17. The minimum Gasteiger partial charge on any atom is -0.493 e. The van der Waals surface area contributed by atoms with E-state index < -0.39 is 0 Å². The van der Waals surface area contributed by atoms with Gasteiger partial charge in [-0.25, -0.2) is 0 Å². The number of hydrogen-bond acceptors (Lipinski definition) is 6. The number of carbonyl (C=O) groups excluding carboxylic acids is 1. The molecule has 1 aromatic heterocycles. The smallest absolute Gasteiger partial charge is 0.203 e. The first kappa shape index (κ1) is 18.5. The van der Waals surface area contributed by atoms with Crippen molar-refractivity contribution in [1.29, 1.82) is 0 Å². The third-order valence-corrected chi connectivity index (χ3v) is 2.99. The summed E-state index contributed by atoms with van der Waals surface area (Å²) in [5.74, 6) is 1.32. The SMILES string of the molecule is COc1cc(-c2n[c-]ncc2C(C)=O)cc(OC)c1OC.[Y]. The van der Waals surface area contributed by atoms with Crippen molar-refractivity contribution in [1.82, 2.24) is 9.97 Å². The Hall–Kier alpha value is -1.53. The number of nitrogens with zero attached hydrogens (tertiary/aromatic N) is 2. The van der Waals surface area contributed by atoms with Gasteiger partial charge in [-0.3, -0.25) is 4.79 Å². The molecule has 7 heteroatoms. The van der Waals surface area contributed by atoms with E-state index in [1.54, 1.807) is 12.1 Å². The second kappa shape index (κ2) is 8.20. The number of carbonyl (C=O) groups is 1. The Morgan fingerprint density at radius 2 is 1.68 bits per heavy atom. The van der Waals surface area contributed by atoms with Crippen LogP contribution in [0.15, 0.2) is 18.3 Å². The first-order valence-electron chi connectivity index (χ1n) is 6.16. The molecule has 0 spiro atoms. The number of hydrogen-bond donors (Lipinski definition) is 0. The van der Waals surface area contributed by atoms with Gasteiger partial charge in [-0.2, -0.15) is 0 Å². The number of aromatic nitrogens is 2. The molecule has 1 heterocycles. The molecule has 0 unspecified atom stereocenters. The van der Waals surface area contributed by atoms with Gasteiger partial charge in [0.15, 0.2) is 11.5 Å². The summed E-state index contributed by atoms with van der Waals surface area (Å²) in [5.41, 5.74) is 1.54. The quantitative estimate of drug-likeness (QED) is 0.589. The summed E-state index contributed by atoms with van der Waals surface area (Å²) in [6.07, 6.45) is 3.93. The summed E-state index contributed by atoms with van der Waals surface area (Å²) in [7, 11) is 4.58. The normalized spacial score (nSPS) is 9.64. The average molecular weight is 376 g/mol. The average Bonchev–Trinajstić information content (AvgIpc) is 2.53. The number of Topliss-reactive ketones (excluding diaryl/α,β-unsaturated/α-hetero) is 1. The van der Waals surface area contributed by atoms with Gasteiger partial charge >= 0.3 is 0 Å². The maximum atomic E-state index is 11.7. The molecule has 0 aliphatic rings. The molecule has 0 N–H and O–H groups in total. The number of methoxy groups -OCH3 is 3. The van der Waals surface area contributed by atoms with Crippen molar-refractivity contribution in [2.45, 2.75) is 6.92 Å². The molecule has 0 saturated heterocycles. The Balaban J connectivity index is 0.00000242. The zero-order valence-corrected chi connectivity index (χ0v) is 15.7. The van der Waals surface area contributed by atoms with Crippen LogP contribution in [0.25, 0.3) is 11.3 Å². The molecule has 0 fully saturated rings. The minimum atomic E-state index is -0.132. The van der Waals surface area contributed by atoms with E-state index in [9.17, 15) is 4.79 Å². The molecule has 0 saturated carbocycles. The van der Waals surface area contributed by atoms with Crippen molar-refractivity contribution >= 4 is 5.78 Å². The molecular weight excluding hydrogens is 361 g/mol. The zero-order chi connectivity index (χ0) is 15.4. The van der Waals surface area contributed by atoms with Crippen LogP contribution in [0.4, 0.5) is 0 Å². The van der Waals surface area contributed by atoms with Crippen molar-refractivity contribution in [2.24, 2.45) is 0 Å². The van der Waals surface area contributed by atoms with E-state index >= 15 is 0 Å². The Morgan fingerprint density at radius 3 is 2.14 bits per heavy atom. The molecule has 2 rings (SSSR count). The summed E-state index contributed by atoms with van der Waals surface area (Å²) < 4.78 is 15.9. The van der Waals surface area contributed by atoms with Gasteiger partial charge in [-0.1, -0.05) is 6.20 Å². The fourth-order valence-electron chi connectivity index (χ4n) is 1.99. The minimum absolute atomic E-state index is 0. The van der Waals surface area contributed by atoms with Gasteiger partial charge in [0.1, 0.15) is 5.78 Å². The van der Waals surface area contributed by atoms with Crippen LogP contribution in [0.1, 0.15) is 17.3 Å². The summed E-state index contributed by atoms with van der Waals surface area (Å²) in [6, 6.07) is 3.45. The van der Waals surface area contributed by atoms with Crippen LogP contribution in [-0.4, -0.2) is 37.1 Å². The van der Waals surface area contributed by atoms with E-state index in [0.717, 1.165) is 0 Å². The van der Waals surface area contributed by atoms with Crippen molar-refractivity contribution in [3.05, 3.63) is 30.2 Å². The van der Waals surface area contributed by atoms with Gasteiger partial charge in [-0.05, 0) is 35.9 Å². The van der Waals surface area contributed by atoms with Crippen LogP contribution < -0.4 is 14.2 Å². The van der Waals surface area contributed by atoms with Crippen molar-refractivity contribution in [3.63, 3.8) is 0 Å². The van der Waals surface area contributed by atoms with Crippen LogP contribution in [-0.2, 0) is 32.7 Å². The molecule has 0 aliphatic carbocycles. The molecular formula is C15H15N2O4Y-. The maximum Gasteiger partial charge on any atom is 0.203 e. The fourth-order valence-corrected chi connectivity index (χ4v) is 1.99. The van der Waals surface area contributed by atoms with E-state index in [4.69, 9.17) is 14.2 Å². The molecule has 0 bridgehead atoms. The van der Waals surface area contributed by atoms with Gasteiger partial charge in [0.05, 0.1) is 21.3 Å². The van der Waals surface area contributed by atoms with E-state index in [2.05, 4.69) is 16.3 Å². The van der Waals surface area contributed by atoms with E-state index in [0.29, 0.717) is 34.1 Å². The number of rotatable bonds is 5. The van der Waals surface area contributed by atoms with Gasteiger partial charge in [0.25, 0.3) is 0 Å². The number of ketones is 1. The maximum absolute atomic E-state index is 11.7. The Kier molecular flexibility index (Phi) is 6.90. The van der Waals surface area contributed by atoms with E-state index in [1.165, 1.54) is 34.4 Å². The second-order valence-electron chi connectivity index (χ2n) is 4.20. The van der Waals surface area contributed by atoms with Crippen LogP contribution in [0, 0.1) is 6.33 Å². The molecule has 0 amide bonds. The third kappa shape index (κ3) is 3.62. The summed E-state index contributed by atoms with van der Waals surface area (Å²) in [6.45, 7) is 1.46. The van der Waals surface area contributed by atoms with Crippen molar-refractivity contribution in [2.75, 3.05) is 21.3 Å². The number of ether oxygens (including phenoxy) is 3. The van der Waals surface area contributed by atoms with Crippen molar-refractivity contribution in [3.8, 4) is 28.5 Å². The summed E-state index contributed by atoms with van der Waals surface area (Å²) >= 11 is 0.